The number of nitrogens with zero attached hydrogens (tertiary/aromatic N) is 6. The zero-order valence-electron chi connectivity index (χ0n) is 22.5. The average molecular weight is 531 g/mol. The molecule has 0 bridgehead atoms. The van der Waals surface area contributed by atoms with Crippen LogP contribution in [0.15, 0.2) is 79.1 Å². The predicted molar refractivity (Wildman–Crippen MR) is 150 cm³/mol. The van der Waals surface area contributed by atoms with E-state index < -0.39 is 0 Å². The van der Waals surface area contributed by atoms with Gasteiger partial charge in [-0.25, -0.2) is 19.2 Å². The van der Waals surface area contributed by atoms with E-state index in [1.54, 1.807) is 25.1 Å². The van der Waals surface area contributed by atoms with Crippen molar-refractivity contribution < 1.29 is 14.2 Å². The molecule has 1 aliphatic rings. The molecular weight excluding hydrogens is 504 g/mol. The SMILES string of the molecule is COc1ccc(C2c3c(C)nn(-c4ccccc4)c3Oc3ncn4nc(-c5ccccc5C)nc4c32)cc1OC. The van der Waals surface area contributed by atoms with E-state index in [-0.39, 0.29) is 5.92 Å². The molecular formula is C31H26N6O3. The molecule has 9 nitrogen and oxygen atoms in total. The van der Waals surface area contributed by atoms with Gasteiger partial charge in [-0.2, -0.15) is 5.10 Å². The quantitative estimate of drug-likeness (QED) is 0.274. The van der Waals surface area contributed by atoms with Crippen LogP contribution in [0.4, 0.5) is 0 Å². The lowest BCUT2D eigenvalue weighted by atomic mass is 9.84. The Kier molecular flexibility index (Phi) is 5.52. The third kappa shape index (κ3) is 3.62. The number of benzene rings is 3. The minimum Gasteiger partial charge on any atom is -0.493 e. The first-order valence-corrected chi connectivity index (χ1v) is 12.9. The smallest absolute Gasteiger partial charge is 0.230 e. The molecule has 1 atom stereocenters. The van der Waals surface area contributed by atoms with Crippen LogP contribution in [0.5, 0.6) is 23.3 Å². The normalized spacial score (nSPS) is 13.9. The monoisotopic (exact) mass is 530 g/mol. The van der Waals surface area contributed by atoms with E-state index in [2.05, 4.69) is 13.0 Å². The largest absolute Gasteiger partial charge is 0.493 e. The fraction of sp³-hybridized carbons (Fsp3) is 0.161. The van der Waals surface area contributed by atoms with E-state index in [0.717, 1.165) is 39.2 Å². The maximum atomic E-state index is 6.54. The summed E-state index contributed by atoms with van der Waals surface area (Å²) < 4.78 is 21.3. The first kappa shape index (κ1) is 23.9. The van der Waals surface area contributed by atoms with E-state index in [1.807, 2.05) is 78.3 Å². The van der Waals surface area contributed by atoms with Gasteiger partial charge in [-0.15, -0.1) is 5.10 Å². The van der Waals surface area contributed by atoms with E-state index >= 15 is 0 Å². The van der Waals surface area contributed by atoms with E-state index in [0.29, 0.717) is 34.7 Å². The molecule has 0 aliphatic carbocycles. The van der Waals surface area contributed by atoms with Crippen molar-refractivity contribution in [3.05, 3.63) is 107 Å². The van der Waals surface area contributed by atoms with Gasteiger partial charge in [-0.1, -0.05) is 48.5 Å². The molecule has 40 heavy (non-hydrogen) atoms. The number of hydrogen-bond donors (Lipinski definition) is 0. The molecule has 1 aliphatic heterocycles. The van der Waals surface area contributed by atoms with Gasteiger partial charge < -0.3 is 14.2 Å². The Morgan fingerprint density at radius 1 is 0.825 bits per heavy atom. The fourth-order valence-electron chi connectivity index (χ4n) is 5.43. The number of rotatable bonds is 5. The zero-order valence-corrected chi connectivity index (χ0v) is 22.5. The number of fused-ring (bicyclic) bond motifs is 4. The second-order valence-electron chi connectivity index (χ2n) is 9.68. The summed E-state index contributed by atoms with van der Waals surface area (Å²) in [5, 5.41) is 9.70. The summed E-state index contributed by atoms with van der Waals surface area (Å²) in [7, 11) is 3.26. The maximum absolute atomic E-state index is 6.54. The summed E-state index contributed by atoms with van der Waals surface area (Å²) in [5.41, 5.74) is 7.17. The minimum atomic E-state index is -0.305. The van der Waals surface area contributed by atoms with Gasteiger partial charge in [-0.3, -0.25) is 0 Å². The highest BCUT2D eigenvalue weighted by Gasteiger charge is 2.38. The molecule has 0 radical (unpaired) electrons. The Morgan fingerprint density at radius 2 is 1.60 bits per heavy atom. The highest BCUT2D eigenvalue weighted by atomic mass is 16.5. The molecule has 0 saturated heterocycles. The van der Waals surface area contributed by atoms with Gasteiger partial charge in [0, 0.05) is 5.56 Å². The molecule has 0 saturated carbocycles. The fourth-order valence-corrected chi connectivity index (χ4v) is 5.43. The van der Waals surface area contributed by atoms with Crippen LogP contribution in [-0.4, -0.2) is 43.6 Å². The summed E-state index contributed by atoms with van der Waals surface area (Å²) in [5.74, 6) is 2.68. The Morgan fingerprint density at radius 3 is 2.38 bits per heavy atom. The summed E-state index contributed by atoms with van der Waals surface area (Å²) >= 11 is 0. The maximum Gasteiger partial charge on any atom is 0.230 e. The van der Waals surface area contributed by atoms with Crippen LogP contribution in [0.3, 0.4) is 0 Å². The van der Waals surface area contributed by atoms with E-state index in [4.69, 9.17) is 34.4 Å². The molecule has 3 aromatic heterocycles. The van der Waals surface area contributed by atoms with Crippen LogP contribution in [0.2, 0.25) is 0 Å². The third-order valence-corrected chi connectivity index (χ3v) is 7.35. The molecule has 3 aromatic carbocycles. The molecule has 0 N–H and O–H groups in total. The first-order valence-electron chi connectivity index (χ1n) is 12.9. The van der Waals surface area contributed by atoms with Crippen LogP contribution >= 0.6 is 0 Å². The molecule has 0 fully saturated rings. The highest BCUT2D eigenvalue weighted by Crippen LogP contribution is 2.50. The van der Waals surface area contributed by atoms with Crippen LogP contribution in [-0.2, 0) is 0 Å². The van der Waals surface area contributed by atoms with Crippen LogP contribution in [0.25, 0.3) is 22.7 Å². The average Bonchev–Trinajstić information content (AvgIpc) is 3.57. The zero-order chi connectivity index (χ0) is 27.4. The van der Waals surface area contributed by atoms with Gasteiger partial charge in [-0.05, 0) is 49.2 Å². The number of aromatic nitrogens is 6. The molecule has 4 heterocycles. The van der Waals surface area contributed by atoms with Crippen molar-refractivity contribution in [3.63, 3.8) is 0 Å². The lowest BCUT2D eigenvalue weighted by Crippen LogP contribution is -2.16. The molecule has 0 spiro atoms. The summed E-state index contributed by atoms with van der Waals surface area (Å²) in [6.45, 7) is 4.05. The van der Waals surface area contributed by atoms with Gasteiger partial charge in [0.2, 0.25) is 11.8 Å². The van der Waals surface area contributed by atoms with Crippen molar-refractivity contribution in [2.24, 2.45) is 0 Å². The highest BCUT2D eigenvalue weighted by molar-refractivity contribution is 5.70. The number of methoxy groups -OCH3 is 2. The van der Waals surface area contributed by atoms with Crippen molar-refractivity contribution >= 4 is 5.65 Å². The summed E-state index contributed by atoms with van der Waals surface area (Å²) in [6, 6.07) is 24.0. The van der Waals surface area contributed by atoms with Crippen LogP contribution < -0.4 is 14.2 Å². The van der Waals surface area contributed by atoms with E-state index in [9.17, 15) is 0 Å². The lowest BCUT2D eigenvalue weighted by molar-refractivity contribution is 0.354. The van der Waals surface area contributed by atoms with Gasteiger partial charge in [0.25, 0.3) is 0 Å². The lowest BCUT2D eigenvalue weighted by Gasteiger charge is -2.26. The topological polar surface area (TPSA) is 88.6 Å². The van der Waals surface area contributed by atoms with Crippen molar-refractivity contribution in [2.45, 2.75) is 19.8 Å². The predicted octanol–water partition coefficient (Wildman–Crippen LogP) is 5.90. The molecule has 198 valence electrons. The number of hydrogen-bond acceptors (Lipinski definition) is 7. The van der Waals surface area contributed by atoms with Crippen LogP contribution in [0, 0.1) is 13.8 Å². The standard InChI is InChI=1S/C31H26N6O3/c1-18-10-8-9-13-22(18)28-33-29-27-26(20-14-15-23(38-3)24(16-20)39-4)25-19(2)34-37(21-11-6-5-7-12-21)31(25)40-30(27)32-17-36(29)35-28/h5-17,26H,1-4H3. The third-order valence-electron chi connectivity index (χ3n) is 7.35. The van der Waals surface area contributed by atoms with Gasteiger partial charge in [0.15, 0.2) is 23.0 Å². The molecule has 1 unspecified atom stereocenters. The van der Waals surface area contributed by atoms with Crippen molar-refractivity contribution in [1.29, 1.82) is 0 Å². The van der Waals surface area contributed by atoms with Gasteiger partial charge in [0.05, 0.1) is 42.6 Å². The summed E-state index contributed by atoms with van der Waals surface area (Å²) in [6.07, 6.45) is 1.65. The summed E-state index contributed by atoms with van der Waals surface area (Å²) in [4.78, 5) is 9.74. The Hall–Kier alpha value is -5.18. The number of aryl methyl sites for hydroxylation is 2. The minimum absolute atomic E-state index is 0.305. The van der Waals surface area contributed by atoms with Crippen molar-refractivity contribution in [2.75, 3.05) is 14.2 Å². The molecule has 6 aromatic rings. The van der Waals surface area contributed by atoms with Crippen molar-refractivity contribution in [3.8, 4) is 40.3 Å². The number of ether oxygens (including phenoxy) is 3. The molecule has 0 amide bonds. The van der Waals surface area contributed by atoms with Gasteiger partial charge >= 0.3 is 0 Å². The first-order chi connectivity index (χ1) is 19.6. The number of para-hydroxylation sites is 1. The van der Waals surface area contributed by atoms with Crippen LogP contribution in [0.1, 0.15) is 33.9 Å². The Balaban J connectivity index is 1.51. The van der Waals surface area contributed by atoms with Gasteiger partial charge in [0.1, 0.15) is 6.33 Å². The molecule has 7 rings (SSSR count). The van der Waals surface area contributed by atoms with E-state index in [1.165, 1.54) is 0 Å². The second kappa shape index (κ2) is 9.23. The van der Waals surface area contributed by atoms with Crippen molar-refractivity contribution in [1.82, 2.24) is 29.4 Å². The second-order valence-corrected chi connectivity index (χ2v) is 9.68. The Bertz CT molecular complexity index is 1890. The molecule has 9 heteroatoms. The Labute approximate surface area is 230 Å².